The highest BCUT2D eigenvalue weighted by atomic mass is 35.5. The van der Waals surface area contributed by atoms with Crippen molar-refractivity contribution in [1.82, 2.24) is 19.8 Å². The lowest BCUT2D eigenvalue weighted by Crippen LogP contribution is -2.36. The fourth-order valence-electron chi connectivity index (χ4n) is 6.49. The number of imidazole rings is 1. The van der Waals surface area contributed by atoms with Crippen LogP contribution in [0.25, 0.3) is 22.4 Å². The maximum Gasteiger partial charge on any atom is 0.219 e. The van der Waals surface area contributed by atoms with E-state index in [2.05, 4.69) is 62.1 Å². The summed E-state index contributed by atoms with van der Waals surface area (Å²) < 4.78 is 7.90. The summed E-state index contributed by atoms with van der Waals surface area (Å²) in [5.41, 5.74) is 11.9. The Kier molecular flexibility index (Phi) is 10.6. The average molecular weight is 650 g/mol. The monoisotopic (exact) mass is 648 g/mol. The largest absolute Gasteiger partial charge is 0.378 e. The molecule has 1 amide bonds. The maximum atomic E-state index is 12.1. The number of piperidine rings is 1. The van der Waals surface area contributed by atoms with Crippen LogP contribution in [0.1, 0.15) is 49.3 Å². The number of benzene rings is 3. The number of aryl methyl sites for hydroxylation is 1. The molecule has 0 radical (unpaired) electrons. The van der Waals surface area contributed by atoms with Gasteiger partial charge in [0.2, 0.25) is 5.91 Å². The number of amides is 1. The van der Waals surface area contributed by atoms with Crippen LogP contribution in [0.4, 0.5) is 5.69 Å². The van der Waals surface area contributed by atoms with Gasteiger partial charge >= 0.3 is 0 Å². The molecule has 6 rings (SSSR count). The van der Waals surface area contributed by atoms with Crippen LogP contribution in [0, 0.1) is 0 Å². The van der Waals surface area contributed by atoms with Crippen LogP contribution in [0.2, 0.25) is 10.0 Å². The van der Waals surface area contributed by atoms with Crippen molar-refractivity contribution < 1.29 is 9.53 Å². The third-order valence-electron chi connectivity index (χ3n) is 8.92. The fraction of sp³-hybridized carbons (Fsp3) is 0.429. The van der Waals surface area contributed by atoms with Gasteiger partial charge in [0.25, 0.3) is 0 Å². The number of carbonyl (C=O) groups excluding carboxylic acids is 1. The molecule has 45 heavy (non-hydrogen) atoms. The van der Waals surface area contributed by atoms with Crippen LogP contribution in [-0.2, 0) is 22.6 Å². The molecule has 0 saturated carbocycles. The highest BCUT2D eigenvalue weighted by Crippen LogP contribution is 2.30. The summed E-state index contributed by atoms with van der Waals surface area (Å²) in [6, 6.07) is 20.3. The highest BCUT2D eigenvalue weighted by molar-refractivity contribution is 6.42. The van der Waals surface area contributed by atoms with Gasteiger partial charge in [0.1, 0.15) is 5.82 Å². The van der Waals surface area contributed by atoms with Crippen molar-refractivity contribution in [2.45, 2.75) is 51.2 Å². The number of carbonyl (C=O) groups is 1. The number of nitrogens with zero attached hydrogens (tertiary/aromatic N) is 4. The van der Waals surface area contributed by atoms with Crippen LogP contribution in [0.15, 0.2) is 60.7 Å². The van der Waals surface area contributed by atoms with Gasteiger partial charge in [0.05, 0.1) is 34.3 Å². The molecular formula is C35H42Cl2N6O2. The second-order valence-corrected chi connectivity index (χ2v) is 12.9. The van der Waals surface area contributed by atoms with E-state index in [4.69, 9.17) is 38.7 Å². The van der Waals surface area contributed by atoms with Crippen molar-refractivity contribution in [1.29, 1.82) is 0 Å². The highest BCUT2D eigenvalue weighted by Gasteiger charge is 2.20. The zero-order chi connectivity index (χ0) is 31.2. The number of morpholine rings is 1. The third-order valence-corrected chi connectivity index (χ3v) is 9.66. The van der Waals surface area contributed by atoms with Crippen molar-refractivity contribution in [3.8, 4) is 11.4 Å². The smallest absolute Gasteiger partial charge is 0.219 e. The Balaban J connectivity index is 1.28. The molecule has 1 unspecified atom stereocenters. The van der Waals surface area contributed by atoms with Crippen molar-refractivity contribution in [3.05, 3.63) is 81.8 Å². The van der Waals surface area contributed by atoms with Gasteiger partial charge in [-0.1, -0.05) is 41.8 Å². The van der Waals surface area contributed by atoms with Crippen molar-refractivity contribution >= 4 is 45.8 Å². The average Bonchev–Trinajstić information content (AvgIpc) is 3.43. The van der Waals surface area contributed by atoms with E-state index in [1.807, 2.05) is 12.1 Å². The van der Waals surface area contributed by atoms with Crippen LogP contribution >= 0.6 is 23.2 Å². The second kappa shape index (κ2) is 15.0. The number of halogens is 2. The summed E-state index contributed by atoms with van der Waals surface area (Å²) in [7, 11) is 0. The summed E-state index contributed by atoms with van der Waals surface area (Å²) in [5, 5.41) is 4.51. The SMILES string of the molecule is NC(=O)CC(NCc1ccc(Cl)c(Cl)c1)c1ccc2c(c1)nc(-c1ccc(N3CCOCC3)cc1)n2CCCN1CCCCC1. The van der Waals surface area contributed by atoms with E-state index in [1.165, 1.54) is 38.0 Å². The molecule has 0 spiro atoms. The number of hydrogen-bond acceptors (Lipinski definition) is 6. The Hall–Kier alpha value is -3.14. The molecule has 1 atom stereocenters. The summed E-state index contributed by atoms with van der Waals surface area (Å²) in [4.78, 5) is 22.2. The lowest BCUT2D eigenvalue weighted by atomic mass is 10.0. The second-order valence-electron chi connectivity index (χ2n) is 12.1. The van der Waals surface area contributed by atoms with Crippen molar-refractivity contribution in [2.75, 3.05) is 50.8 Å². The first-order valence-corrected chi connectivity index (χ1v) is 16.8. The number of ether oxygens (including phenoxy) is 1. The van der Waals surface area contributed by atoms with E-state index in [0.29, 0.717) is 16.6 Å². The van der Waals surface area contributed by atoms with Crippen molar-refractivity contribution in [3.63, 3.8) is 0 Å². The summed E-state index contributed by atoms with van der Waals surface area (Å²) in [6.45, 7) is 8.20. The number of hydrogen-bond donors (Lipinski definition) is 2. The van der Waals surface area contributed by atoms with E-state index in [-0.39, 0.29) is 18.4 Å². The Morgan fingerprint density at radius 3 is 2.42 bits per heavy atom. The first kappa shape index (κ1) is 31.8. The summed E-state index contributed by atoms with van der Waals surface area (Å²) in [5.74, 6) is 0.593. The molecule has 2 saturated heterocycles. The molecule has 0 bridgehead atoms. The van der Waals surface area contributed by atoms with Gasteiger partial charge in [0, 0.05) is 49.9 Å². The maximum absolute atomic E-state index is 12.1. The molecule has 3 aromatic carbocycles. The van der Waals surface area contributed by atoms with E-state index in [9.17, 15) is 4.79 Å². The van der Waals surface area contributed by atoms with Crippen LogP contribution in [0.5, 0.6) is 0 Å². The summed E-state index contributed by atoms with van der Waals surface area (Å²) >= 11 is 12.3. The zero-order valence-electron chi connectivity index (χ0n) is 25.7. The molecule has 2 aliphatic rings. The van der Waals surface area contributed by atoms with Gasteiger partial charge in [-0.15, -0.1) is 0 Å². The number of primary amides is 1. The first-order valence-electron chi connectivity index (χ1n) is 16.1. The Labute approximate surface area is 275 Å². The number of aromatic nitrogens is 2. The number of likely N-dealkylation sites (tertiary alicyclic amines) is 1. The fourth-order valence-corrected chi connectivity index (χ4v) is 6.81. The molecule has 1 aromatic heterocycles. The minimum atomic E-state index is -0.369. The first-order chi connectivity index (χ1) is 21.9. The normalized spacial score (nSPS) is 16.7. The molecule has 4 aromatic rings. The Morgan fingerprint density at radius 2 is 1.69 bits per heavy atom. The van der Waals surface area contributed by atoms with E-state index < -0.39 is 0 Å². The minimum Gasteiger partial charge on any atom is -0.378 e. The molecule has 0 aliphatic carbocycles. The number of rotatable bonds is 12. The van der Waals surface area contributed by atoms with Gasteiger partial charge < -0.3 is 30.2 Å². The topological polar surface area (TPSA) is 88.6 Å². The van der Waals surface area contributed by atoms with Gasteiger partial charge in [-0.3, -0.25) is 4.79 Å². The predicted octanol–water partition coefficient (Wildman–Crippen LogP) is 6.43. The van der Waals surface area contributed by atoms with Gasteiger partial charge in [-0.2, -0.15) is 0 Å². The molecule has 2 fully saturated rings. The van der Waals surface area contributed by atoms with Crippen LogP contribution in [-0.4, -0.2) is 66.3 Å². The van der Waals surface area contributed by atoms with Gasteiger partial charge in [0.15, 0.2) is 0 Å². The molecule has 3 heterocycles. The molecule has 238 valence electrons. The molecule has 10 heteroatoms. The Morgan fingerprint density at radius 1 is 0.911 bits per heavy atom. The van der Waals surface area contributed by atoms with E-state index >= 15 is 0 Å². The minimum absolute atomic E-state index is 0.166. The predicted molar refractivity (Wildman–Crippen MR) is 183 cm³/mol. The molecule has 8 nitrogen and oxygen atoms in total. The van der Waals surface area contributed by atoms with E-state index in [1.54, 1.807) is 6.07 Å². The molecule has 3 N–H and O–H groups in total. The standard InChI is InChI=1S/C35H42Cl2N6O2/c36-29-11-5-25(21-30(29)37)24-39-31(23-34(38)44)27-8-12-33-32(22-27)40-35(43(33)16-4-15-41-13-2-1-3-14-41)26-6-9-28(10-7-26)42-17-19-45-20-18-42/h5-12,21-22,31,39H,1-4,13-20,23-24H2,(H2,38,44). The van der Waals surface area contributed by atoms with Gasteiger partial charge in [-0.05, 0) is 98.6 Å². The third kappa shape index (κ3) is 7.99. The Bertz CT molecular complexity index is 1600. The van der Waals surface area contributed by atoms with E-state index in [0.717, 1.165) is 79.4 Å². The molecule has 2 aliphatic heterocycles. The van der Waals surface area contributed by atoms with Crippen LogP contribution < -0.4 is 16.0 Å². The van der Waals surface area contributed by atoms with Gasteiger partial charge in [-0.25, -0.2) is 4.98 Å². The zero-order valence-corrected chi connectivity index (χ0v) is 27.2. The summed E-state index contributed by atoms with van der Waals surface area (Å²) in [6.07, 6.45) is 5.15. The number of nitrogens with one attached hydrogen (secondary N) is 1. The van der Waals surface area contributed by atoms with Crippen LogP contribution in [0.3, 0.4) is 0 Å². The molecular weight excluding hydrogens is 607 g/mol. The lowest BCUT2D eigenvalue weighted by Gasteiger charge is -2.29. The number of fused-ring (bicyclic) bond motifs is 1. The number of anilines is 1. The van der Waals surface area contributed by atoms with Crippen molar-refractivity contribution in [2.24, 2.45) is 5.73 Å². The quantitative estimate of drug-likeness (QED) is 0.184. The number of nitrogens with two attached hydrogens (primary N) is 1. The lowest BCUT2D eigenvalue weighted by molar-refractivity contribution is -0.118.